The van der Waals surface area contributed by atoms with Gasteiger partial charge in [0.25, 0.3) is 0 Å². The highest BCUT2D eigenvalue weighted by Gasteiger charge is 2.56. The fraction of sp³-hybridized carbons (Fsp3) is 0.652. The molecule has 0 amide bonds. The van der Waals surface area contributed by atoms with E-state index in [0.717, 1.165) is 0 Å². The zero-order chi connectivity index (χ0) is 25.2. The van der Waals surface area contributed by atoms with Crippen molar-refractivity contribution in [2.24, 2.45) is 11.3 Å². The molecule has 0 saturated heterocycles. The highest BCUT2D eigenvalue weighted by Crippen LogP contribution is 2.43. The van der Waals surface area contributed by atoms with Gasteiger partial charge in [0.2, 0.25) is 11.6 Å². The van der Waals surface area contributed by atoms with Gasteiger partial charge in [-0.1, -0.05) is 20.3 Å². The largest absolute Gasteiger partial charge is 0.512 e. The number of Topliss-reactive ketones (excluding diaryl/α,β-unsaturated/α-hetero) is 4. The topological polar surface area (TPSA) is 153 Å². The standard InChI is InChI=1S/C23H33NO9/c1-5-9-14-15(25)10-11-23(20(14)24-6-2,18(28)12-16(26)21(30)32-7-3)19(29)13-17(27)22(31)33-8-4/h10,14,20,24-25H,5-9,11-13H2,1-4H3. The first-order valence-electron chi connectivity index (χ1n) is 11.2. The number of nitrogens with one attached hydrogen (secondary N) is 1. The summed E-state index contributed by atoms with van der Waals surface area (Å²) in [6.07, 6.45) is 0.252. The van der Waals surface area contributed by atoms with Crippen molar-refractivity contribution in [2.75, 3.05) is 19.8 Å². The molecule has 0 aliphatic heterocycles. The van der Waals surface area contributed by atoms with E-state index in [1.54, 1.807) is 6.92 Å². The number of allylic oxidation sites excluding steroid dienone is 1. The molecule has 2 N–H and O–H groups in total. The summed E-state index contributed by atoms with van der Waals surface area (Å²) < 4.78 is 9.30. The maximum Gasteiger partial charge on any atom is 0.375 e. The summed E-state index contributed by atoms with van der Waals surface area (Å²) in [5.74, 6) is -7.04. The van der Waals surface area contributed by atoms with Crippen LogP contribution in [0.2, 0.25) is 0 Å². The van der Waals surface area contributed by atoms with Crippen molar-refractivity contribution in [1.29, 1.82) is 0 Å². The number of carbonyl (C=O) groups excluding carboxylic acids is 6. The highest BCUT2D eigenvalue weighted by molar-refractivity contribution is 6.40. The molecule has 0 bridgehead atoms. The number of rotatable bonds is 14. The summed E-state index contributed by atoms with van der Waals surface area (Å²) in [5.41, 5.74) is -1.94. The van der Waals surface area contributed by atoms with Crippen molar-refractivity contribution in [3.63, 3.8) is 0 Å². The summed E-state index contributed by atoms with van der Waals surface area (Å²) in [6.45, 7) is 6.81. The van der Waals surface area contributed by atoms with E-state index in [2.05, 4.69) is 14.8 Å². The lowest BCUT2D eigenvalue weighted by Crippen LogP contribution is -2.60. The number of hydrogen-bond donors (Lipinski definition) is 2. The van der Waals surface area contributed by atoms with Gasteiger partial charge in [0, 0.05) is 12.0 Å². The third-order valence-corrected chi connectivity index (χ3v) is 5.61. The van der Waals surface area contributed by atoms with Crippen LogP contribution < -0.4 is 5.32 Å². The molecule has 184 valence electrons. The second kappa shape index (κ2) is 13.0. The molecule has 0 heterocycles. The first-order chi connectivity index (χ1) is 15.6. The van der Waals surface area contributed by atoms with Crippen LogP contribution in [0.15, 0.2) is 11.8 Å². The predicted octanol–water partition coefficient (Wildman–Crippen LogP) is 1.40. The molecular weight excluding hydrogens is 434 g/mol. The SMILES string of the molecule is CCCC1C(O)=CCC(C(=O)CC(=O)C(=O)OCC)(C(=O)CC(=O)C(=O)OCC)C1NCC. The number of aliphatic hydroxyl groups is 1. The summed E-state index contributed by atoms with van der Waals surface area (Å²) in [4.78, 5) is 75.1. The van der Waals surface area contributed by atoms with Crippen molar-refractivity contribution in [3.8, 4) is 0 Å². The van der Waals surface area contributed by atoms with Crippen molar-refractivity contribution >= 4 is 35.1 Å². The zero-order valence-corrected chi connectivity index (χ0v) is 19.6. The Balaban J connectivity index is 3.48. The molecule has 0 fully saturated rings. The average molecular weight is 468 g/mol. The zero-order valence-electron chi connectivity index (χ0n) is 19.6. The Bertz CT molecular complexity index is 771. The number of carbonyl (C=O) groups is 6. The van der Waals surface area contributed by atoms with Gasteiger partial charge in [-0.3, -0.25) is 19.2 Å². The summed E-state index contributed by atoms with van der Waals surface area (Å²) in [7, 11) is 0. The number of esters is 2. The maximum absolute atomic E-state index is 13.5. The first kappa shape index (κ1) is 28.2. The second-order valence-electron chi connectivity index (χ2n) is 7.72. The minimum Gasteiger partial charge on any atom is -0.512 e. The van der Waals surface area contributed by atoms with Crippen LogP contribution in [0.5, 0.6) is 0 Å². The van der Waals surface area contributed by atoms with Gasteiger partial charge in [-0.2, -0.15) is 0 Å². The van der Waals surface area contributed by atoms with Gasteiger partial charge in [-0.25, -0.2) is 9.59 Å². The predicted molar refractivity (Wildman–Crippen MR) is 116 cm³/mol. The Morgan fingerprint density at radius 1 is 0.939 bits per heavy atom. The molecule has 0 spiro atoms. The molecule has 0 aromatic heterocycles. The van der Waals surface area contributed by atoms with E-state index in [9.17, 15) is 33.9 Å². The van der Waals surface area contributed by atoms with Crippen molar-refractivity contribution in [1.82, 2.24) is 5.32 Å². The molecule has 10 nitrogen and oxygen atoms in total. The fourth-order valence-electron chi connectivity index (χ4n) is 4.12. The maximum atomic E-state index is 13.5. The Morgan fingerprint density at radius 2 is 1.42 bits per heavy atom. The quantitative estimate of drug-likeness (QED) is 0.218. The van der Waals surface area contributed by atoms with Gasteiger partial charge in [0.05, 0.1) is 31.8 Å². The molecule has 33 heavy (non-hydrogen) atoms. The van der Waals surface area contributed by atoms with Gasteiger partial charge in [-0.05, 0) is 39.3 Å². The lowest BCUT2D eigenvalue weighted by atomic mass is 9.60. The first-order valence-corrected chi connectivity index (χ1v) is 11.2. The fourth-order valence-corrected chi connectivity index (χ4v) is 4.12. The van der Waals surface area contributed by atoms with E-state index in [1.165, 1.54) is 19.9 Å². The van der Waals surface area contributed by atoms with Crippen LogP contribution >= 0.6 is 0 Å². The summed E-state index contributed by atoms with van der Waals surface area (Å²) >= 11 is 0. The Labute approximate surface area is 193 Å². The van der Waals surface area contributed by atoms with Crippen molar-refractivity contribution in [2.45, 2.75) is 65.8 Å². The molecule has 0 aromatic rings. The highest BCUT2D eigenvalue weighted by atomic mass is 16.5. The van der Waals surface area contributed by atoms with E-state index in [4.69, 9.17) is 0 Å². The summed E-state index contributed by atoms with van der Waals surface area (Å²) in [5, 5.41) is 13.5. The van der Waals surface area contributed by atoms with Gasteiger partial charge in [-0.15, -0.1) is 0 Å². The van der Waals surface area contributed by atoms with Crippen LogP contribution in [0, 0.1) is 11.3 Å². The molecule has 0 radical (unpaired) electrons. The molecule has 2 atom stereocenters. The van der Waals surface area contributed by atoms with Crippen LogP contribution in [0.1, 0.15) is 59.8 Å². The third kappa shape index (κ3) is 6.56. The number of ether oxygens (including phenoxy) is 2. The normalized spacial score (nSPS) is 19.2. The van der Waals surface area contributed by atoms with E-state index >= 15 is 0 Å². The van der Waals surface area contributed by atoms with Crippen molar-refractivity contribution < 1.29 is 43.3 Å². The van der Waals surface area contributed by atoms with Crippen molar-refractivity contribution in [3.05, 3.63) is 11.8 Å². The van der Waals surface area contributed by atoms with E-state index in [-0.39, 0.29) is 25.4 Å². The lowest BCUT2D eigenvalue weighted by molar-refractivity contribution is -0.158. The molecule has 2 unspecified atom stereocenters. The van der Waals surface area contributed by atoms with Gasteiger partial charge >= 0.3 is 11.9 Å². The molecule has 1 aliphatic rings. The Morgan fingerprint density at radius 3 is 1.82 bits per heavy atom. The van der Waals surface area contributed by atoms with Crippen LogP contribution in [0.4, 0.5) is 0 Å². The van der Waals surface area contributed by atoms with Crippen LogP contribution in [-0.4, -0.2) is 66.0 Å². The smallest absolute Gasteiger partial charge is 0.375 e. The monoisotopic (exact) mass is 467 g/mol. The lowest BCUT2D eigenvalue weighted by Gasteiger charge is -2.44. The molecular formula is C23H33NO9. The average Bonchev–Trinajstić information content (AvgIpc) is 2.76. The minimum atomic E-state index is -1.94. The van der Waals surface area contributed by atoms with Crippen LogP contribution in [0.3, 0.4) is 0 Å². The van der Waals surface area contributed by atoms with E-state index in [1.807, 2.05) is 6.92 Å². The summed E-state index contributed by atoms with van der Waals surface area (Å²) in [6, 6.07) is -0.947. The van der Waals surface area contributed by atoms with Crippen LogP contribution in [-0.2, 0) is 38.2 Å². The van der Waals surface area contributed by atoms with E-state index in [0.29, 0.717) is 19.4 Å². The molecule has 0 aromatic carbocycles. The second-order valence-corrected chi connectivity index (χ2v) is 7.72. The molecule has 1 rings (SSSR count). The van der Waals surface area contributed by atoms with Gasteiger partial charge < -0.3 is 19.9 Å². The van der Waals surface area contributed by atoms with Crippen LogP contribution in [0.25, 0.3) is 0 Å². The Hall–Kier alpha value is -2.88. The van der Waals surface area contributed by atoms with Gasteiger partial charge in [0.1, 0.15) is 5.41 Å². The molecule has 0 saturated carbocycles. The Kier molecular flexibility index (Phi) is 11.1. The number of aliphatic hydroxyl groups excluding tert-OH is 1. The number of hydrogen-bond acceptors (Lipinski definition) is 10. The number of ketones is 4. The third-order valence-electron chi connectivity index (χ3n) is 5.61. The molecule has 1 aliphatic carbocycles. The molecule has 10 heteroatoms. The van der Waals surface area contributed by atoms with Gasteiger partial charge in [0.15, 0.2) is 11.6 Å². The minimum absolute atomic E-state index is 0.00698. The van der Waals surface area contributed by atoms with E-state index < -0.39 is 65.3 Å².